The van der Waals surface area contributed by atoms with Crippen LogP contribution in [-0.2, 0) is 21.4 Å². The molecule has 1 heterocycles. The van der Waals surface area contributed by atoms with Gasteiger partial charge in [-0.3, -0.25) is 4.55 Å². The number of ether oxygens (including phenoxy) is 1. The first kappa shape index (κ1) is 19.2. The van der Waals surface area contributed by atoms with Crippen LogP contribution >= 0.6 is 22.9 Å². The van der Waals surface area contributed by atoms with Crippen molar-refractivity contribution in [1.82, 2.24) is 0 Å². The molecule has 1 aromatic carbocycles. The first-order valence-corrected chi connectivity index (χ1v) is 10.5. The molecule has 0 unspecified atom stereocenters. The Morgan fingerprint density at radius 2 is 2.17 bits per heavy atom. The van der Waals surface area contributed by atoms with Gasteiger partial charge in [-0.05, 0) is 19.1 Å². The molecular weight excluding hydrogens is 370 g/mol. The van der Waals surface area contributed by atoms with Gasteiger partial charge >= 0.3 is 0 Å². The summed E-state index contributed by atoms with van der Waals surface area (Å²) in [7, 11) is -3.96. The fraction of sp³-hybridized carbons (Fsp3) is 0.438. The number of allylic oxidation sites excluding steroid dienone is 1. The quantitative estimate of drug-likeness (QED) is 0.421. The van der Waals surface area contributed by atoms with E-state index in [1.807, 2.05) is 42.7 Å². The van der Waals surface area contributed by atoms with Gasteiger partial charge in [0, 0.05) is 23.9 Å². The maximum Gasteiger partial charge on any atom is 0.266 e. The molecule has 1 aromatic heterocycles. The van der Waals surface area contributed by atoms with E-state index < -0.39 is 10.1 Å². The summed E-state index contributed by atoms with van der Waals surface area (Å²) in [6.07, 6.45) is 3.07. The van der Waals surface area contributed by atoms with Gasteiger partial charge in [0.15, 0.2) is 6.54 Å². The maximum absolute atomic E-state index is 11.0. The van der Waals surface area contributed by atoms with E-state index in [2.05, 4.69) is 0 Å². The Labute approximate surface area is 151 Å². The molecule has 1 N–H and O–H groups in total. The molecule has 0 aliphatic heterocycles. The lowest BCUT2D eigenvalue weighted by Gasteiger charge is -2.04. The number of thiazole rings is 1. The fourth-order valence-corrected chi connectivity index (χ4v) is 4.17. The van der Waals surface area contributed by atoms with Crippen molar-refractivity contribution in [3.8, 4) is 0 Å². The molecule has 2 aromatic rings. The van der Waals surface area contributed by atoms with E-state index >= 15 is 0 Å². The van der Waals surface area contributed by atoms with E-state index in [4.69, 9.17) is 20.9 Å². The van der Waals surface area contributed by atoms with Crippen LogP contribution in [0.15, 0.2) is 24.0 Å². The number of nitrogens with zero attached hydrogens (tertiary/aromatic N) is 1. The number of aromatic nitrogens is 1. The largest absolute Gasteiger partial charge is 0.498 e. The Balaban J connectivity index is 2.43. The standard InChI is InChI=1S/C16H20ClNO4S2/c1-3-13(22-4-2)11-16-18(8-5-9-24(19,20)21)14-10-12(17)6-7-15(14)23-16/h6-7,10-11H,3-5,8-9H2,1-2H3/p+1/b13-11-. The van der Waals surface area contributed by atoms with Crippen molar-refractivity contribution < 1.29 is 22.3 Å². The van der Waals surface area contributed by atoms with Crippen LogP contribution in [0.1, 0.15) is 31.7 Å². The normalized spacial score (nSPS) is 12.8. The summed E-state index contributed by atoms with van der Waals surface area (Å²) in [4.78, 5) is 0. The molecular formula is C16H21ClNO4S2+. The second-order valence-corrected chi connectivity index (χ2v) is 8.31. The minimum absolute atomic E-state index is 0.271. The molecule has 0 radical (unpaired) electrons. The lowest BCUT2D eigenvalue weighted by atomic mass is 10.3. The summed E-state index contributed by atoms with van der Waals surface area (Å²) >= 11 is 7.70. The minimum atomic E-state index is -3.96. The van der Waals surface area contributed by atoms with Crippen molar-refractivity contribution in [3.63, 3.8) is 0 Å². The van der Waals surface area contributed by atoms with Crippen molar-refractivity contribution >= 4 is 49.3 Å². The molecule has 132 valence electrons. The lowest BCUT2D eigenvalue weighted by molar-refractivity contribution is -0.668. The van der Waals surface area contributed by atoms with Crippen LogP contribution in [-0.4, -0.2) is 25.3 Å². The molecule has 8 heteroatoms. The highest BCUT2D eigenvalue weighted by molar-refractivity contribution is 7.85. The van der Waals surface area contributed by atoms with E-state index in [-0.39, 0.29) is 5.75 Å². The van der Waals surface area contributed by atoms with Crippen LogP contribution in [0.5, 0.6) is 0 Å². The highest BCUT2D eigenvalue weighted by Gasteiger charge is 2.21. The van der Waals surface area contributed by atoms with E-state index in [1.165, 1.54) is 0 Å². The molecule has 0 bridgehead atoms. The highest BCUT2D eigenvalue weighted by atomic mass is 35.5. The van der Waals surface area contributed by atoms with E-state index in [9.17, 15) is 8.42 Å². The predicted molar refractivity (Wildman–Crippen MR) is 98.0 cm³/mol. The molecule has 0 aliphatic carbocycles. The average molecular weight is 391 g/mol. The Hall–Kier alpha value is -1.15. The van der Waals surface area contributed by atoms with Gasteiger partial charge in [0.1, 0.15) is 10.5 Å². The lowest BCUT2D eigenvalue weighted by Crippen LogP contribution is -2.36. The van der Waals surface area contributed by atoms with Gasteiger partial charge in [-0.15, -0.1) is 0 Å². The number of rotatable bonds is 8. The molecule has 5 nitrogen and oxygen atoms in total. The molecule has 24 heavy (non-hydrogen) atoms. The first-order valence-electron chi connectivity index (χ1n) is 7.74. The molecule has 0 atom stereocenters. The number of fused-ring (bicyclic) bond motifs is 1. The van der Waals surface area contributed by atoms with Crippen molar-refractivity contribution in [2.24, 2.45) is 0 Å². The second-order valence-electron chi connectivity index (χ2n) is 5.24. The van der Waals surface area contributed by atoms with E-state index in [1.54, 1.807) is 11.3 Å². The summed E-state index contributed by atoms with van der Waals surface area (Å²) in [5.74, 6) is 0.603. The van der Waals surface area contributed by atoms with Crippen LogP contribution < -0.4 is 4.57 Å². The Morgan fingerprint density at radius 3 is 2.79 bits per heavy atom. The Morgan fingerprint density at radius 1 is 1.42 bits per heavy atom. The van der Waals surface area contributed by atoms with Gasteiger partial charge in [0.05, 0.1) is 18.4 Å². The number of hydrogen-bond acceptors (Lipinski definition) is 4. The number of benzene rings is 1. The van der Waals surface area contributed by atoms with Crippen molar-refractivity contribution in [1.29, 1.82) is 0 Å². The van der Waals surface area contributed by atoms with Gasteiger partial charge in [-0.1, -0.05) is 29.9 Å². The zero-order valence-electron chi connectivity index (χ0n) is 13.7. The van der Waals surface area contributed by atoms with Crippen LogP contribution in [0.2, 0.25) is 5.02 Å². The Kier molecular flexibility index (Phi) is 6.62. The summed E-state index contributed by atoms with van der Waals surface area (Å²) < 4.78 is 39.6. The van der Waals surface area contributed by atoms with Gasteiger partial charge < -0.3 is 4.74 Å². The van der Waals surface area contributed by atoms with Gasteiger partial charge in [-0.25, -0.2) is 0 Å². The summed E-state index contributed by atoms with van der Waals surface area (Å²) in [6, 6.07) is 5.65. The van der Waals surface area contributed by atoms with Crippen LogP contribution in [0.4, 0.5) is 0 Å². The summed E-state index contributed by atoms with van der Waals surface area (Å²) in [6.45, 7) is 5.02. The topological polar surface area (TPSA) is 67.5 Å². The Bertz CT molecular complexity index is 843. The zero-order valence-corrected chi connectivity index (χ0v) is 16.0. The van der Waals surface area contributed by atoms with Crippen LogP contribution in [0, 0.1) is 0 Å². The molecule has 0 fully saturated rings. The third-order valence-electron chi connectivity index (χ3n) is 3.44. The number of hydrogen-bond donors (Lipinski definition) is 1. The number of aryl methyl sites for hydroxylation is 1. The number of halogens is 1. The maximum atomic E-state index is 11.0. The van der Waals surface area contributed by atoms with Gasteiger partial charge in [0.2, 0.25) is 5.52 Å². The molecule has 2 rings (SSSR count). The third kappa shape index (κ3) is 5.17. The SMILES string of the molecule is CCO/C(=C\c1sc2ccc(Cl)cc2[n+]1CCCS(=O)(=O)O)CC. The minimum Gasteiger partial charge on any atom is -0.498 e. The summed E-state index contributed by atoms with van der Waals surface area (Å²) in [5.41, 5.74) is 0.945. The summed E-state index contributed by atoms with van der Waals surface area (Å²) in [5, 5.41) is 1.59. The zero-order chi connectivity index (χ0) is 17.7. The van der Waals surface area contributed by atoms with Crippen molar-refractivity contribution in [2.45, 2.75) is 33.2 Å². The predicted octanol–water partition coefficient (Wildman–Crippen LogP) is 3.91. The fourth-order valence-electron chi connectivity index (χ4n) is 2.39. The second kappa shape index (κ2) is 8.29. The van der Waals surface area contributed by atoms with Gasteiger partial charge in [0.25, 0.3) is 15.1 Å². The molecule has 0 aliphatic rings. The smallest absolute Gasteiger partial charge is 0.266 e. The average Bonchev–Trinajstić information content (AvgIpc) is 2.83. The third-order valence-corrected chi connectivity index (χ3v) is 5.59. The molecule has 0 saturated carbocycles. The van der Waals surface area contributed by atoms with Gasteiger partial charge in [-0.2, -0.15) is 13.0 Å². The first-order chi connectivity index (χ1) is 11.3. The highest BCUT2D eigenvalue weighted by Crippen LogP contribution is 2.26. The molecule has 0 spiro atoms. The van der Waals surface area contributed by atoms with Crippen LogP contribution in [0.25, 0.3) is 16.3 Å². The molecule has 0 saturated heterocycles. The van der Waals surface area contributed by atoms with E-state index in [0.29, 0.717) is 24.6 Å². The van der Waals surface area contributed by atoms with E-state index in [0.717, 1.165) is 27.4 Å². The van der Waals surface area contributed by atoms with Crippen molar-refractivity contribution in [3.05, 3.63) is 34.0 Å². The van der Waals surface area contributed by atoms with Crippen molar-refractivity contribution in [2.75, 3.05) is 12.4 Å². The van der Waals surface area contributed by atoms with Crippen LogP contribution in [0.3, 0.4) is 0 Å². The molecule has 0 amide bonds. The monoisotopic (exact) mass is 390 g/mol.